The molecule has 2 atom stereocenters. The number of aliphatic hydroxyl groups is 1. The Morgan fingerprint density at radius 2 is 1.86 bits per heavy atom. The number of tetrazole rings is 1. The van der Waals surface area contributed by atoms with Crippen LogP contribution in [0.3, 0.4) is 0 Å². The van der Waals surface area contributed by atoms with Gasteiger partial charge in [0.2, 0.25) is 0 Å². The molecule has 2 aromatic heterocycles. The Kier molecular flexibility index (Phi) is 9.05. The molecular weight excluding hydrogens is 582 g/mol. The van der Waals surface area contributed by atoms with Gasteiger partial charge in [-0.15, -0.1) is 0 Å². The average molecular weight is 620 g/mol. The van der Waals surface area contributed by atoms with Crippen molar-refractivity contribution in [3.8, 4) is 11.4 Å². The van der Waals surface area contributed by atoms with Gasteiger partial charge in [-0.1, -0.05) is 31.7 Å². The second-order valence-electron chi connectivity index (χ2n) is 11.5. The standard InChI is InChI=1S/C31H37N7O5S/c39-29(24-6-3-16-32-19-24)21-33-20-27-11-7-23-18-25(8-14-30(23)43-27)34-44(41,42)28-12-9-26(10-13-28)38-31(40)37(35-36-38)17-15-22-4-1-2-5-22/h3,6,8-10,12-14,16,18-19,22,27,29,33-34,39H,1-2,4-5,7,11,15,17,20-21H2. The maximum atomic E-state index is 13.2. The van der Waals surface area contributed by atoms with E-state index in [9.17, 15) is 18.3 Å². The van der Waals surface area contributed by atoms with E-state index in [4.69, 9.17) is 4.74 Å². The van der Waals surface area contributed by atoms with Gasteiger partial charge >= 0.3 is 5.69 Å². The van der Waals surface area contributed by atoms with Crippen LogP contribution in [0, 0.1) is 5.92 Å². The topological polar surface area (TPSA) is 153 Å². The van der Waals surface area contributed by atoms with Crippen molar-refractivity contribution in [2.24, 2.45) is 5.92 Å². The third kappa shape index (κ3) is 7.01. The van der Waals surface area contributed by atoms with Gasteiger partial charge in [-0.2, -0.15) is 9.36 Å². The molecule has 1 aliphatic carbocycles. The van der Waals surface area contributed by atoms with E-state index in [2.05, 4.69) is 25.4 Å². The van der Waals surface area contributed by atoms with Crippen molar-refractivity contribution in [3.05, 3.63) is 88.6 Å². The van der Waals surface area contributed by atoms with Crippen molar-refractivity contribution in [1.82, 2.24) is 30.1 Å². The van der Waals surface area contributed by atoms with Gasteiger partial charge in [0.1, 0.15) is 11.9 Å². The number of nitrogens with one attached hydrogen (secondary N) is 2. The molecule has 232 valence electrons. The number of benzene rings is 2. The van der Waals surface area contributed by atoms with Crippen molar-refractivity contribution in [1.29, 1.82) is 0 Å². The molecule has 13 heteroatoms. The number of fused-ring (bicyclic) bond motifs is 1. The van der Waals surface area contributed by atoms with E-state index in [-0.39, 0.29) is 16.7 Å². The molecule has 0 saturated heterocycles. The lowest BCUT2D eigenvalue weighted by Crippen LogP contribution is -2.36. The van der Waals surface area contributed by atoms with Gasteiger partial charge in [0, 0.05) is 43.3 Å². The number of pyridine rings is 1. The van der Waals surface area contributed by atoms with Crippen molar-refractivity contribution in [2.75, 3.05) is 17.8 Å². The summed E-state index contributed by atoms with van der Waals surface area (Å²) >= 11 is 0. The van der Waals surface area contributed by atoms with Crippen LogP contribution in [-0.4, -0.2) is 57.5 Å². The Bertz CT molecular complexity index is 1720. The van der Waals surface area contributed by atoms with Gasteiger partial charge in [0.05, 0.1) is 16.7 Å². The normalized spacial score (nSPS) is 17.6. The van der Waals surface area contributed by atoms with Crippen LogP contribution >= 0.6 is 0 Å². The third-order valence-corrected chi connectivity index (χ3v) is 9.77. The number of rotatable bonds is 12. The van der Waals surface area contributed by atoms with Crippen LogP contribution < -0.4 is 20.5 Å². The molecule has 1 fully saturated rings. The summed E-state index contributed by atoms with van der Waals surface area (Å²) in [4.78, 5) is 16.9. The highest BCUT2D eigenvalue weighted by molar-refractivity contribution is 7.92. The van der Waals surface area contributed by atoms with Crippen LogP contribution in [0.4, 0.5) is 5.69 Å². The monoisotopic (exact) mass is 619 g/mol. The minimum atomic E-state index is -3.87. The van der Waals surface area contributed by atoms with Gasteiger partial charge < -0.3 is 15.2 Å². The SMILES string of the molecule is O=c1n(CCC2CCCC2)nnn1-c1ccc(S(=O)(=O)Nc2ccc3c(c2)CCC(CNCC(O)c2cccnc2)O3)cc1. The molecule has 0 spiro atoms. The number of nitrogens with zero attached hydrogens (tertiary/aromatic N) is 5. The van der Waals surface area contributed by atoms with E-state index >= 15 is 0 Å². The fourth-order valence-electron chi connectivity index (χ4n) is 5.88. The van der Waals surface area contributed by atoms with Crippen LogP contribution in [0.15, 0.2) is 76.7 Å². The molecule has 12 nitrogen and oxygen atoms in total. The van der Waals surface area contributed by atoms with Crippen LogP contribution in [0.1, 0.15) is 55.8 Å². The summed E-state index contributed by atoms with van der Waals surface area (Å²) in [6, 6.07) is 14.9. The van der Waals surface area contributed by atoms with Gasteiger partial charge in [0.25, 0.3) is 10.0 Å². The number of sulfonamides is 1. The summed E-state index contributed by atoms with van der Waals surface area (Å²) in [6.45, 7) is 1.49. The molecular formula is C31H37N7O5S. The summed E-state index contributed by atoms with van der Waals surface area (Å²) in [6.07, 6.45) is 9.89. The van der Waals surface area contributed by atoms with Crippen molar-refractivity contribution < 1.29 is 18.3 Å². The highest BCUT2D eigenvalue weighted by Gasteiger charge is 2.22. The van der Waals surface area contributed by atoms with E-state index in [0.29, 0.717) is 42.7 Å². The van der Waals surface area contributed by atoms with Crippen molar-refractivity contribution in [3.63, 3.8) is 0 Å². The third-order valence-electron chi connectivity index (χ3n) is 8.38. The van der Waals surface area contributed by atoms with Crippen LogP contribution in [-0.2, 0) is 23.0 Å². The lowest BCUT2D eigenvalue weighted by molar-refractivity contribution is 0.146. The first kappa shape index (κ1) is 30.0. The number of aliphatic hydroxyl groups excluding tert-OH is 1. The van der Waals surface area contributed by atoms with Crippen LogP contribution in [0.5, 0.6) is 5.75 Å². The maximum absolute atomic E-state index is 13.2. The Labute approximate surface area is 256 Å². The number of ether oxygens (including phenoxy) is 1. The molecule has 2 aromatic carbocycles. The Balaban J connectivity index is 1.03. The van der Waals surface area contributed by atoms with E-state index in [1.165, 1.54) is 47.2 Å². The van der Waals surface area contributed by atoms with Crippen molar-refractivity contribution >= 4 is 15.7 Å². The smallest absolute Gasteiger partial charge is 0.368 e. The largest absolute Gasteiger partial charge is 0.489 e. The maximum Gasteiger partial charge on any atom is 0.368 e. The Morgan fingerprint density at radius 3 is 2.64 bits per heavy atom. The molecule has 44 heavy (non-hydrogen) atoms. The van der Waals surface area contributed by atoms with E-state index in [1.807, 2.05) is 6.07 Å². The zero-order valence-corrected chi connectivity index (χ0v) is 25.2. The fraction of sp³-hybridized carbons (Fsp3) is 0.419. The first-order chi connectivity index (χ1) is 21.4. The highest BCUT2D eigenvalue weighted by atomic mass is 32.2. The number of hydrogen-bond acceptors (Lipinski definition) is 9. The lowest BCUT2D eigenvalue weighted by Gasteiger charge is -2.27. The fourth-order valence-corrected chi connectivity index (χ4v) is 6.93. The van der Waals surface area contributed by atoms with Gasteiger partial charge in [-0.25, -0.2) is 13.2 Å². The Morgan fingerprint density at radius 1 is 1.05 bits per heavy atom. The average Bonchev–Trinajstić information content (AvgIpc) is 3.70. The molecule has 1 saturated carbocycles. The Hall–Kier alpha value is -4.07. The van der Waals surface area contributed by atoms with Gasteiger partial charge in [-0.3, -0.25) is 9.71 Å². The first-order valence-electron chi connectivity index (χ1n) is 15.1. The summed E-state index contributed by atoms with van der Waals surface area (Å²) in [5.41, 5.74) is 2.22. The number of aryl methyl sites for hydroxylation is 2. The quantitative estimate of drug-likeness (QED) is 0.217. The molecule has 3 heterocycles. The van der Waals surface area contributed by atoms with E-state index < -0.39 is 16.1 Å². The van der Waals surface area contributed by atoms with Gasteiger partial charge in [0.15, 0.2) is 0 Å². The second kappa shape index (κ2) is 13.3. The number of hydrogen-bond donors (Lipinski definition) is 3. The minimum absolute atomic E-state index is 0.0638. The molecule has 6 rings (SSSR count). The summed E-state index contributed by atoms with van der Waals surface area (Å²) < 4.78 is 37.6. The molecule has 2 unspecified atom stereocenters. The number of anilines is 1. The van der Waals surface area contributed by atoms with Crippen LogP contribution in [0.2, 0.25) is 0 Å². The van der Waals surface area contributed by atoms with E-state index in [1.54, 1.807) is 48.8 Å². The molecule has 2 aliphatic rings. The molecule has 1 aliphatic heterocycles. The van der Waals surface area contributed by atoms with E-state index in [0.717, 1.165) is 30.4 Å². The summed E-state index contributed by atoms with van der Waals surface area (Å²) in [7, 11) is -3.87. The molecule has 3 N–H and O–H groups in total. The molecule has 0 radical (unpaired) electrons. The number of aromatic nitrogens is 5. The second-order valence-corrected chi connectivity index (χ2v) is 13.2. The molecule has 0 bridgehead atoms. The first-order valence-corrected chi connectivity index (χ1v) is 16.6. The van der Waals surface area contributed by atoms with Crippen LogP contribution in [0.25, 0.3) is 5.69 Å². The molecule has 4 aromatic rings. The summed E-state index contributed by atoms with van der Waals surface area (Å²) in [5.74, 6) is 1.35. The predicted octanol–water partition coefficient (Wildman–Crippen LogP) is 3.22. The zero-order chi connectivity index (χ0) is 30.5. The summed E-state index contributed by atoms with van der Waals surface area (Å²) in [5, 5.41) is 21.6. The van der Waals surface area contributed by atoms with Gasteiger partial charge in [-0.05, 0) is 89.7 Å². The highest BCUT2D eigenvalue weighted by Crippen LogP contribution is 2.31. The lowest BCUT2D eigenvalue weighted by atomic mass is 10.0. The van der Waals surface area contributed by atoms with Crippen molar-refractivity contribution in [2.45, 2.75) is 68.6 Å². The molecule has 0 amide bonds. The minimum Gasteiger partial charge on any atom is -0.489 e. The predicted molar refractivity (Wildman–Crippen MR) is 164 cm³/mol. The zero-order valence-electron chi connectivity index (χ0n) is 24.4.